The minimum absolute atomic E-state index is 0.117. The minimum atomic E-state index is -1.77. The third-order valence-electron chi connectivity index (χ3n) is 3.58. The number of rotatable bonds is 6. The molecular weight excluding hydrogens is 299 g/mol. The molecule has 0 aliphatic heterocycles. The number of hydrogen-bond acceptors (Lipinski definition) is 5. The fraction of sp³-hybridized carbons (Fsp3) is 0.333. The molecule has 0 aliphatic rings. The highest BCUT2D eigenvalue weighted by molar-refractivity contribution is 6.60. The Hall–Kier alpha value is -2.32. The number of ether oxygens (including phenoxy) is 1. The molecule has 0 saturated heterocycles. The van der Waals surface area contributed by atoms with Crippen molar-refractivity contribution in [3.05, 3.63) is 50.8 Å². The first-order valence-electron chi connectivity index (χ1n) is 7.37. The summed E-state index contributed by atoms with van der Waals surface area (Å²) < 4.78 is 6.24. The number of methoxy groups -OCH3 is 1. The lowest BCUT2D eigenvalue weighted by molar-refractivity contribution is 0.399. The molecule has 1 heterocycles. The van der Waals surface area contributed by atoms with Crippen LogP contribution in [0, 0.1) is 0 Å². The number of aromatic amines is 1. The van der Waals surface area contributed by atoms with Gasteiger partial charge in [-0.1, -0.05) is 13.3 Å². The van der Waals surface area contributed by atoms with E-state index in [1.54, 1.807) is 6.07 Å². The minimum Gasteiger partial charge on any atom is -0.497 e. The Balaban J connectivity index is 2.72. The first kappa shape index (κ1) is 17.0. The van der Waals surface area contributed by atoms with Crippen LogP contribution in [0.2, 0.25) is 0 Å². The van der Waals surface area contributed by atoms with Crippen LogP contribution in [-0.2, 0) is 6.42 Å². The zero-order chi connectivity index (χ0) is 17.0. The second-order valence-electron chi connectivity index (χ2n) is 5.16. The van der Waals surface area contributed by atoms with Crippen LogP contribution in [0.5, 0.6) is 5.75 Å². The molecule has 0 spiro atoms. The van der Waals surface area contributed by atoms with E-state index in [1.165, 1.54) is 25.4 Å². The summed E-state index contributed by atoms with van der Waals surface area (Å²) in [4.78, 5) is 26.4. The number of aryl methyl sites for hydroxylation is 1. The molecule has 0 radical (unpaired) electrons. The van der Waals surface area contributed by atoms with E-state index < -0.39 is 18.4 Å². The molecule has 0 aliphatic carbocycles. The van der Waals surface area contributed by atoms with Gasteiger partial charge in [-0.15, -0.1) is 0 Å². The summed E-state index contributed by atoms with van der Waals surface area (Å²) in [5.74, 6) is 0.359. The van der Waals surface area contributed by atoms with Crippen LogP contribution in [0.25, 0.3) is 5.69 Å². The maximum absolute atomic E-state index is 12.0. The Morgan fingerprint density at radius 2 is 2.04 bits per heavy atom. The summed E-state index contributed by atoms with van der Waals surface area (Å²) >= 11 is 0. The number of unbranched alkanes of at least 4 members (excludes halogenated alkanes) is 1. The van der Waals surface area contributed by atoms with Gasteiger partial charge >= 0.3 is 12.8 Å². The molecule has 0 fully saturated rings. The molecule has 2 rings (SSSR count). The Bertz CT molecular complexity index is 769. The van der Waals surface area contributed by atoms with Crippen molar-refractivity contribution in [2.45, 2.75) is 26.2 Å². The predicted molar refractivity (Wildman–Crippen MR) is 87.6 cm³/mol. The molecule has 0 unspecified atom stereocenters. The van der Waals surface area contributed by atoms with Crippen molar-refractivity contribution in [2.24, 2.45) is 0 Å². The quantitative estimate of drug-likeness (QED) is 0.626. The molecule has 1 aromatic carbocycles. The fourth-order valence-electron chi connectivity index (χ4n) is 2.49. The number of nitrogens with zero attached hydrogens (tertiary/aromatic N) is 1. The van der Waals surface area contributed by atoms with E-state index in [0.29, 0.717) is 17.7 Å². The lowest BCUT2D eigenvalue weighted by atomic mass is 9.77. The van der Waals surface area contributed by atoms with Crippen LogP contribution in [0.15, 0.2) is 34.0 Å². The second kappa shape index (κ2) is 7.30. The maximum atomic E-state index is 12.0. The third kappa shape index (κ3) is 3.54. The molecule has 23 heavy (non-hydrogen) atoms. The topological polar surface area (TPSA) is 105 Å². The van der Waals surface area contributed by atoms with E-state index in [2.05, 4.69) is 4.98 Å². The summed E-state index contributed by atoms with van der Waals surface area (Å²) in [7, 11) is -0.332. The Kier molecular flexibility index (Phi) is 5.41. The van der Waals surface area contributed by atoms with Crippen LogP contribution in [0.4, 0.5) is 0 Å². The highest BCUT2D eigenvalue weighted by Crippen LogP contribution is 2.21. The van der Waals surface area contributed by atoms with E-state index in [-0.39, 0.29) is 11.2 Å². The van der Waals surface area contributed by atoms with Crippen molar-refractivity contribution in [1.82, 2.24) is 9.55 Å². The fourth-order valence-corrected chi connectivity index (χ4v) is 2.49. The molecule has 0 atom stereocenters. The van der Waals surface area contributed by atoms with Crippen molar-refractivity contribution < 1.29 is 14.8 Å². The first-order chi connectivity index (χ1) is 11.0. The monoisotopic (exact) mass is 318 g/mol. The lowest BCUT2D eigenvalue weighted by Gasteiger charge is -2.16. The van der Waals surface area contributed by atoms with Gasteiger partial charge in [0.15, 0.2) is 0 Å². The van der Waals surface area contributed by atoms with Gasteiger partial charge in [-0.2, -0.15) is 0 Å². The highest BCUT2D eigenvalue weighted by atomic mass is 16.5. The summed E-state index contributed by atoms with van der Waals surface area (Å²) in [6.07, 6.45) is 3.70. The van der Waals surface area contributed by atoms with Gasteiger partial charge in [0.05, 0.1) is 12.8 Å². The van der Waals surface area contributed by atoms with Crippen LogP contribution < -0.4 is 21.4 Å². The number of hydrogen-bond donors (Lipinski definition) is 3. The molecule has 0 amide bonds. The summed E-state index contributed by atoms with van der Waals surface area (Å²) in [6.45, 7) is 2.03. The number of nitrogens with one attached hydrogen (secondary N) is 1. The maximum Gasteiger partial charge on any atom is 0.492 e. The van der Waals surface area contributed by atoms with Gasteiger partial charge in [0.25, 0.3) is 5.56 Å². The molecule has 7 nitrogen and oxygen atoms in total. The van der Waals surface area contributed by atoms with Gasteiger partial charge in [-0.3, -0.25) is 4.79 Å². The van der Waals surface area contributed by atoms with E-state index in [0.717, 1.165) is 17.4 Å². The summed E-state index contributed by atoms with van der Waals surface area (Å²) in [5, 5.41) is 19.2. The average molecular weight is 318 g/mol. The van der Waals surface area contributed by atoms with Gasteiger partial charge in [-0.25, -0.2) is 9.36 Å². The van der Waals surface area contributed by atoms with Gasteiger partial charge in [0.1, 0.15) is 5.75 Å². The number of H-pyrrole nitrogens is 1. The predicted octanol–water partition coefficient (Wildman–Crippen LogP) is -0.443. The molecule has 8 heteroatoms. The molecule has 0 saturated carbocycles. The van der Waals surface area contributed by atoms with E-state index >= 15 is 0 Å². The Morgan fingerprint density at radius 3 is 2.61 bits per heavy atom. The smallest absolute Gasteiger partial charge is 0.492 e. The van der Waals surface area contributed by atoms with Crippen molar-refractivity contribution in [3.63, 3.8) is 0 Å². The van der Waals surface area contributed by atoms with Crippen molar-refractivity contribution in [1.29, 1.82) is 0 Å². The second-order valence-corrected chi connectivity index (χ2v) is 5.16. The van der Waals surface area contributed by atoms with Crippen LogP contribution >= 0.6 is 0 Å². The molecular formula is C15H19BN2O5. The van der Waals surface area contributed by atoms with Crippen molar-refractivity contribution in [3.8, 4) is 11.4 Å². The van der Waals surface area contributed by atoms with E-state index in [4.69, 9.17) is 4.74 Å². The SMILES string of the molecule is CCCCc1cc(-n2c(=O)cc[nH]c2=O)cc(B(O)O)c1OC. The van der Waals surface area contributed by atoms with Gasteiger partial charge in [-0.05, 0) is 30.5 Å². The van der Waals surface area contributed by atoms with Crippen LogP contribution in [-0.4, -0.2) is 33.8 Å². The Labute approximate surface area is 133 Å². The Morgan fingerprint density at radius 1 is 1.30 bits per heavy atom. The third-order valence-corrected chi connectivity index (χ3v) is 3.58. The number of aromatic nitrogens is 2. The largest absolute Gasteiger partial charge is 0.497 e. The van der Waals surface area contributed by atoms with Crippen molar-refractivity contribution >= 4 is 12.6 Å². The van der Waals surface area contributed by atoms with Gasteiger partial charge in [0.2, 0.25) is 0 Å². The van der Waals surface area contributed by atoms with E-state index in [9.17, 15) is 19.6 Å². The lowest BCUT2D eigenvalue weighted by Crippen LogP contribution is -2.36. The molecule has 1 aromatic heterocycles. The normalized spacial score (nSPS) is 10.6. The summed E-state index contributed by atoms with van der Waals surface area (Å²) in [6, 6.07) is 4.26. The average Bonchev–Trinajstić information content (AvgIpc) is 2.52. The van der Waals surface area contributed by atoms with Gasteiger partial charge < -0.3 is 19.8 Å². The zero-order valence-electron chi connectivity index (χ0n) is 13.1. The van der Waals surface area contributed by atoms with Gasteiger partial charge in [0, 0.05) is 17.7 Å². The van der Waals surface area contributed by atoms with Crippen LogP contribution in [0.1, 0.15) is 25.3 Å². The highest BCUT2D eigenvalue weighted by Gasteiger charge is 2.22. The molecule has 3 N–H and O–H groups in total. The zero-order valence-corrected chi connectivity index (χ0v) is 13.1. The van der Waals surface area contributed by atoms with Crippen LogP contribution in [0.3, 0.4) is 0 Å². The van der Waals surface area contributed by atoms with Crippen molar-refractivity contribution in [2.75, 3.05) is 7.11 Å². The van der Waals surface area contributed by atoms with E-state index in [1.807, 2.05) is 6.92 Å². The number of benzene rings is 1. The molecule has 122 valence electrons. The standard InChI is InChI=1S/C15H19BN2O5/c1-3-4-5-10-8-11(9-12(16(21)22)14(10)23-2)18-13(19)6-7-17-15(18)20/h6-9,21-22H,3-5H2,1-2H3,(H,17,20). The molecule has 2 aromatic rings. The molecule has 0 bridgehead atoms. The first-order valence-corrected chi connectivity index (χ1v) is 7.37. The summed E-state index contributed by atoms with van der Waals surface area (Å²) in [5.41, 5.74) is 0.00411.